The minimum absolute atomic E-state index is 0.00900. The maximum absolute atomic E-state index is 6.24. The van der Waals surface area contributed by atoms with Gasteiger partial charge in [0.25, 0.3) is 0 Å². The van der Waals surface area contributed by atoms with Gasteiger partial charge in [-0.15, -0.1) is 11.3 Å². The number of rotatable bonds is 7. The van der Waals surface area contributed by atoms with Crippen molar-refractivity contribution in [1.29, 1.82) is 0 Å². The molecule has 20 heavy (non-hydrogen) atoms. The van der Waals surface area contributed by atoms with Gasteiger partial charge in [0.2, 0.25) is 0 Å². The molecule has 0 fully saturated rings. The SMILES string of the molecule is CCCC(OC)C(N)Cc1nc(-c2ccccc2)cs1. The number of hydrogen-bond donors (Lipinski definition) is 1. The van der Waals surface area contributed by atoms with Gasteiger partial charge in [0, 0.05) is 30.5 Å². The van der Waals surface area contributed by atoms with Crippen LogP contribution in [0.2, 0.25) is 0 Å². The number of methoxy groups -OCH3 is 1. The van der Waals surface area contributed by atoms with Gasteiger partial charge in [0.1, 0.15) is 0 Å². The van der Waals surface area contributed by atoms with E-state index in [0.29, 0.717) is 0 Å². The average Bonchev–Trinajstić information content (AvgIpc) is 2.94. The molecule has 0 radical (unpaired) electrons. The second-order valence-corrected chi connectivity index (χ2v) is 5.87. The highest BCUT2D eigenvalue weighted by molar-refractivity contribution is 7.09. The summed E-state index contributed by atoms with van der Waals surface area (Å²) in [5, 5.41) is 3.17. The van der Waals surface area contributed by atoms with E-state index >= 15 is 0 Å². The third-order valence-corrected chi connectivity index (χ3v) is 4.26. The molecule has 0 aliphatic heterocycles. The zero-order chi connectivity index (χ0) is 14.4. The second kappa shape index (κ2) is 7.53. The van der Waals surface area contributed by atoms with Gasteiger partial charge in [-0.25, -0.2) is 4.98 Å². The van der Waals surface area contributed by atoms with Crippen LogP contribution in [0, 0.1) is 0 Å². The van der Waals surface area contributed by atoms with Crippen LogP contribution < -0.4 is 5.73 Å². The van der Waals surface area contributed by atoms with E-state index in [-0.39, 0.29) is 12.1 Å². The van der Waals surface area contributed by atoms with Crippen molar-refractivity contribution >= 4 is 11.3 Å². The number of hydrogen-bond acceptors (Lipinski definition) is 4. The lowest BCUT2D eigenvalue weighted by Crippen LogP contribution is -2.37. The molecule has 2 atom stereocenters. The van der Waals surface area contributed by atoms with E-state index in [0.717, 1.165) is 35.5 Å². The Morgan fingerprint density at radius 1 is 1.30 bits per heavy atom. The lowest BCUT2D eigenvalue weighted by atomic mass is 10.0. The number of ether oxygens (including phenoxy) is 1. The molecule has 3 nitrogen and oxygen atoms in total. The van der Waals surface area contributed by atoms with E-state index in [2.05, 4.69) is 29.4 Å². The van der Waals surface area contributed by atoms with Gasteiger partial charge in [0.15, 0.2) is 0 Å². The molecule has 0 aliphatic rings. The normalized spacial score (nSPS) is 14.2. The van der Waals surface area contributed by atoms with Gasteiger partial charge in [-0.1, -0.05) is 43.7 Å². The molecule has 4 heteroatoms. The van der Waals surface area contributed by atoms with E-state index < -0.39 is 0 Å². The monoisotopic (exact) mass is 290 g/mol. The average molecular weight is 290 g/mol. The molecular weight excluding hydrogens is 268 g/mol. The fraction of sp³-hybridized carbons (Fsp3) is 0.438. The first-order chi connectivity index (χ1) is 9.74. The largest absolute Gasteiger partial charge is 0.380 e. The van der Waals surface area contributed by atoms with E-state index in [4.69, 9.17) is 10.5 Å². The van der Waals surface area contributed by atoms with Crippen LogP contribution in [0.4, 0.5) is 0 Å². The molecule has 0 saturated carbocycles. The van der Waals surface area contributed by atoms with Crippen LogP contribution in [0.15, 0.2) is 35.7 Å². The molecule has 2 rings (SSSR count). The molecule has 1 aromatic carbocycles. The smallest absolute Gasteiger partial charge is 0.0949 e. The topological polar surface area (TPSA) is 48.1 Å². The van der Waals surface area contributed by atoms with Gasteiger partial charge < -0.3 is 10.5 Å². The van der Waals surface area contributed by atoms with Crippen LogP contribution in [0.5, 0.6) is 0 Å². The first kappa shape index (κ1) is 15.2. The fourth-order valence-electron chi connectivity index (χ4n) is 2.27. The lowest BCUT2D eigenvalue weighted by molar-refractivity contribution is 0.0726. The second-order valence-electron chi connectivity index (χ2n) is 4.92. The van der Waals surface area contributed by atoms with Gasteiger partial charge in [-0.3, -0.25) is 0 Å². The van der Waals surface area contributed by atoms with Crippen LogP contribution in [0.1, 0.15) is 24.8 Å². The van der Waals surface area contributed by atoms with Crippen LogP contribution in [-0.4, -0.2) is 24.2 Å². The highest BCUT2D eigenvalue weighted by Gasteiger charge is 2.18. The van der Waals surface area contributed by atoms with Gasteiger partial charge >= 0.3 is 0 Å². The molecule has 2 aromatic rings. The number of benzene rings is 1. The number of aromatic nitrogens is 1. The Morgan fingerprint density at radius 2 is 2.05 bits per heavy atom. The third-order valence-electron chi connectivity index (χ3n) is 3.39. The number of nitrogens with zero attached hydrogens (tertiary/aromatic N) is 1. The van der Waals surface area contributed by atoms with Crippen molar-refractivity contribution in [2.45, 2.75) is 38.3 Å². The molecule has 1 heterocycles. The molecule has 0 saturated heterocycles. The molecule has 0 bridgehead atoms. The number of nitrogens with two attached hydrogens (primary N) is 1. The minimum Gasteiger partial charge on any atom is -0.380 e. The van der Waals surface area contributed by atoms with Crippen LogP contribution in [-0.2, 0) is 11.2 Å². The molecule has 2 unspecified atom stereocenters. The zero-order valence-corrected chi connectivity index (χ0v) is 12.9. The predicted octanol–water partition coefficient (Wildman–Crippen LogP) is 3.50. The fourth-order valence-corrected chi connectivity index (χ4v) is 3.15. The molecule has 0 amide bonds. The highest BCUT2D eigenvalue weighted by atomic mass is 32.1. The Morgan fingerprint density at radius 3 is 2.70 bits per heavy atom. The summed E-state index contributed by atoms with van der Waals surface area (Å²) in [6.45, 7) is 2.15. The summed E-state index contributed by atoms with van der Waals surface area (Å²) >= 11 is 1.67. The van der Waals surface area contributed by atoms with Crippen LogP contribution >= 0.6 is 11.3 Å². The Kier molecular flexibility index (Phi) is 5.71. The van der Waals surface area contributed by atoms with E-state index in [1.165, 1.54) is 0 Å². The molecular formula is C16H22N2OS. The molecule has 1 aromatic heterocycles. The van der Waals surface area contributed by atoms with Crippen molar-refractivity contribution in [1.82, 2.24) is 4.98 Å². The van der Waals surface area contributed by atoms with Crippen molar-refractivity contribution in [2.24, 2.45) is 5.73 Å². The van der Waals surface area contributed by atoms with E-state index in [1.807, 2.05) is 18.2 Å². The minimum atomic E-state index is 0.00900. The summed E-state index contributed by atoms with van der Waals surface area (Å²) in [7, 11) is 1.73. The van der Waals surface area contributed by atoms with Crippen molar-refractivity contribution in [3.8, 4) is 11.3 Å². The van der Waals surface area contributed by atoms with E-state index in [9.17, 15) is 0 Å². The Labute approximate surface area is 124 Å². The zero-order valence-electron chi connectivity index (χ0n) is 12.1. The molecule has 0 aliphatic carbocycles. The van der Waals surface area contributed by atoms with Crippen LogP contribution in [0.25, 0.3) is 11.3 Å². The Hall–Kier alpha value is -1.23. The summed E-state index contributed by atoms with van der Waals surface area (Å²) in [6.07, 6.45) is 2.97. The Balaban J connectivity index is 2.02. The molecule has 2 N–H and O–H groups in total. The number of thiazole rings is 1. The van der Waals surface area contributed by atoms with Gasteiger partial charge in [-0.2, -0.15) is 0 Å². The first-order valence-electron chi connectivity index (χ1n) is 7.02. The summed E-state index contributed by atoms with van der Waals surface area (Å²) in [5.41, 5.74) is 8.42. The third kappa shape index (κ3) is 3.88. The van der Waals surface area contributed by atoms with Gasteiger partial charge in [-0.05, 0) is 6.42 Å². The van der Waals surface area contributed by atoms with Crippen molar-refractivity contribution in [3.05, 3.63) is 40.7 Å². The summed E-state index contributed by atoms with van der Waals surface area (Å²) in [5.74, 6) is 0. The maximum atomic E-state index is 6.24. The molecule has 108 valence electrons. The van der Waals surface area contributed by atoms with E-state index in [1.54, 1.807) is 18.4 Å². The standard InChI is InChI=1S/C16H22N2OS/c1-3-7-15(19-2)13(17)10-16-18-14(11-20-16)12-8-5-4-6-9-12/h4-6,8-9,11,13,15H,3,7,10,17H2,1-2H3. The summed E-state index contributed by atoms with van der Waals surface area (Å²) in [6, 6.07) is 10.2. The highest BCUT2D eigenvalue weighted by Crippen LogP contribution is 2.23. The maximum Gasteiger partial charge on any atom is 0.0949 e. The Bertz CT molecular complexity index is 512. The van der Waals surface area contributed by atoms with Crippen molar-refractivity contribution < 1.29 is 4.74 Å². The van der Waals surface area contributed by atoms with Crippen molar-refractivity contribution in [2.75, 3.05) is 7.11 Å². The lowest BCUT2D eigenvalue weighted by Gasteiger charge is -2.21. The quantitative estimate of drug-likeness (QED) is 0.849. The van der Waals surface area contributed by atoms with Gasteiger partial charge in [0.05, 0.1) is 16.8 Å². The van der Waals surface area contributed by atoms with Crippen molar-refractivity contribution in [3.63, 3.8) is 0 Å². The molecule has 0 spiro atoms. The first-order valence-corrected chi connectivity index (χ1v) is 7.90. The summed E-state index contributed by atoms with van der Waals surface area (Å²) in [4.78, 5) is 4.68. The summed E-state index contributed by atoms with van der Waals surface area (Å²) < 4.78 is 5.47. The predicted molar refractivity (Wildman–Crippen MR) is 84.9 cm³/mol. The van der Waals surface area contributed by atoms with Crippen LogP contribution in [0.3, 0.4) is 0 Å².